The molecule has 1 amide bonds. The fourth-order valence-electron chi connectivity index (χ4n) is 4.83. The third-order valence-corrected chi connectivity index (χ3v) is 7.50. The van der Waals surface area contributed by atoms with Crippen LogP contribution in [0.2, 0.25) is 0 Å². The van der Waals surface area contributed by atoms with Gasteiger partial charge in [-0.05, 0) is 37.7 Å². The van der Waals surface area contributed by atoms with E-state index >= 15 is 0 Å². The molecule has 1 aliphatic carbocycles. The molecule has 0 aromatic carbocycles. The van der Waals surface area contributed by atoms with E-state index in [1.807, 2.05) is 25.4 Å². The van der Waals surface area contributed by atoms with Crippen LogP contribution >= 0.6 is 11.3 Å². The van der Waals surface area contributed by atoms with Gasteiger partial charge >= 0.3 is 0 Å². The van der Waals surface area contributed by atoms with Crippen LogP contribution in [0.4, 0.5) is 5.82 Å². The number of amides is 1. The lowest BCUT2D eigenvalue weighted by atomic mass is 10.1. The lowest BCUT2D eigenvalue weighted by Gasteiger charge is -2.29. The van der Waals surface area contributed by atoms with Crippen LogP contribution in [0.1, 0.15) is 35.5 Å². The lowest BCUT2D eigenvalue weighted by Crippen LogP contribution is -2.43. The van der Waals surface area contributed by atoms with Gasteiger partial charge in [-0.2, -0.15) is 0 Å². The van der Waals surface area contributed by atoms with Crippen LogP contribution in [0.25, 0.3) is 10.2 Å². The molecule has 0 radical (unpaired) electrons. The van der Waals surface area contributed by atoms with E-state index in [0.717, 1.165) is 81.5 Å². The zero-order chi connectivity index (χ0) is 20.0. The summed E-state index contributed by atoms with van der Waals surface area (Å²) >= 11 is 1.84. The number of thiophene rings is 1. The third-order valence-electron chi connectivity index (χ3n) is 6.31. The van der Waals surface area contributed by atoms with Gasteiger partial charge in [-0.25, -0.2) is 9.97 Å². The Morgan fingerprint density at radius 3 is 2.79 bits per heavy atom. The van der Waals surface area contributed by atoms with Gasteiger partial charge in [0.05, 0.1) is 25.1 Å². The monoisotopic (exact) mass is 415 g/mol. The molecule has 2 fully saturated rings. The zero-order valence-corrected chi connectivity index (χ0v) is 18.1. The molecule has 4 heterocycles. The van der Waals surface area contributed by atoms with Crippen LogP contribution in [0.15, 0.2) is 0 Å². The number of likely N-dealkylation sites (N-methyl/N-ethyl adjacent to an activating group) is 1. The SMILES string of the molecule is CN(C)C(=O)[C@H]1CCCN1c1nc(CN2CCOCC2)nc2sc3c(c12)CCC3. The lowest BCUT2D eigenvalue weighted by molar-refractivity contribution is -0.129. The zero-order valence-electron chi connectivity index (χ0n) is 17.3. The summed E-state index contributed by atoms with van der Waals surface area (Å²) in [6.45, 7) is 5.01. The van der Waals surface area contributed by atoms with Crippen molar-refractivity contribution in [3.8, 4) is 0 Å². The fourth-order valence-corrected chi connectivity index (χ4v) is 6.11. The van der Waals surface area contributed by atoms with Crippen molar-refractivity contribution in [3.05, 3.63) is 16.3 Å². The molecule has 0 unspecified atom stereocenters. The van der Waals surface area contributed by atoms with Crippen LogP contribution in [-0.4, -0.2) is 78.7 Å². The third kappa shape index (κ3) is 3.51. The van der Waals surface area contributed by atoms with Crippen molar-refractivity contribution < 1.29 is 9.53 Å². The average Bonchev–Trinajstić information content (AvgIpc) is 3.43. The molecule has 1 atom stereocenters. The van der Waals surface area contributed by atoms with Crippen molar-refractivity contribution >= 4 is 33.3 Å². The Morgan fingerprint density at radius 2 is 2.00 bits per heavy atom. The average molecular weight is 416 g/mol. The molecule has 2 aromatic rings. The number of fused-ring (bicyclic) bond motifs is 3. The maximum Gasteiger partial charge on any atom is 0.244 e. The Morgan fingerprint density at radius 1 is 1.17 bits per heavy atom. The van der Waals surface area contributed by atoms with Crippen molar-refractivity contribution in [2.75, 3.05) is 51.8 Å². The summed E-state index contributed by atoms with van der Waals surface area (Å²) in [7, 11) is 3.70. The molecule has 2 aliphatic heterocycles. The van der Waals surface area contributed by atoms with Gasteiger partial charge in [0.15, 0.2) is 0 Å². The van der Waals surface area contributed by atoms with Crippen LogP contribution in [0.3, 0.4) is 0 Å². The van der Waals surface area contributed by atoms with Gasteiger partial charge < -0.3 is 14.5 Å². The van der Waals surface area contributed by atoms with E-state index in [1.165, 1.54) is 22.2 Å². The Hall–Kier alpha value is -1.77. The molecule has 7 nitrogen and oxygen atoms in total. The molecule has 156 valence electrons. The van der Waals surface area contributed by atoms with E-state index in [0.29, 0.717) is 0 Å². The number of ether oxygens (including phenoxy) is 1. The molecule has 0 spiro atoms. The van der Waals surface area contributed by atoms with Gasteiger partial charge in [0.1, 0.15) is 22.5 Å². The van der Waals surface area contributed by atoms with E-state index in [2.05, 4.69) is 9.80 Å². The smallest absolute Gasteiger partial charge is 0.244 e. The highest BCUT2D eigenvalue weighted by molar-refractivity contribution is 7.19. The molecular weight excluding hydrogens is 386 g/mol. The molecule has 0 saturated carbocycles. The second-order valence-corrected chi connectivity index (χ2v) is 9.56. The minimum Gasteiger partial charge on any atom is -0.379 e. The molecule has 2 aromatic heterocycles. The highest BCUT2D eigenvalue weighted by atomic mass is 32.1. The van der Waals surface area contributed by atoms with E-state index in [4.69, 9.17) is 14.7 Å². The standard InChI is InChI=1S/C21H29N5O2S/c1-24(2)21(27)15-6-4-8-26(15)19-18-14-5-3-7-16(14)29-20(18)23-17(22-19)13-25-9-11-28-12-10-25/h15H,3-13H2,1-2H3/t15-/m1/s1. The van der Waals surface area contributed by atoms with Gasteiger partial charge in [0.25, 0.3) is 0 Å². The minimum atomic E-state index is -0.115. The number of aromatic nitrogens is 2. The van der Waals surface area contributed by atoms with Gasteiger partial charge in [-0.15, -0.1) is 11.3 Å². The fraction of sp³-hybridized carbons (Fsp3) is 0.667. The predicted molar refractivity (Wildman–Crippen MR) is 115 cm³/mol. The molecule has 0 N–H and O–H groups in total. The number of morpholine rings is 1. The Labute approximate surface area is 175 Å². The Balaban J connectivity index is 1.57. The topological polar surface area (TPSA) is 61.8 Å². The molecule has 29 heavy (non-hydrogen) atoms. The summed E-state index contributed by atoms with van der Waals surface area (Å²) in [4.78, 5) is 31.8. The quantitative estimate of drug-likeness (QED) is 0.762. The van der Waals surface area contributed by atoms with Gasteiger partial charge in [-0.3, -0.25) is 9.69 Å². The van der Waals surface area contributed by atoms with E-state index < -0.39 is 0 Å². The van der Waals surface area contributed by atoms with Gasteiger partial charge in [0, 0.05) is 38.6 Å². The number of hydrogen-bond acceptors (Lipinski definition) is 7. The summed E-state index contributed by atoms with van der Waals surface area (Å²) in [5, 5.41) is 1.21. The molecule has 0 bridgehead atoms. The summed E-state index contributed by atoms with van der Waals surface area (Å²) in [6, 6.07) is -0.115. The predicted octanol–water partition coefficient (Wildman–Crippen LogP) is 2.07. The number of carbonyl (C=O) groups excluding carboxylic acids is 1. The first-order valence-electron chi connectivity index (χ1n) is 10.7. The van der Waals surface area contributed by atoms with Crippen molar-refractivity contribution in [1.82, 2.24) is 19.8 Å². The number of aryl methyl sites for hydroxylation is 2. The summed E-state index contributed by atoms with van der Waals surface area (Å²) in [6.07, 6.45) is 5.39. The second-order valence-electron chi connectivity index (χ2n) is 8.47. The number of hydrogen-bond donors (Lipinski definition) is 0. The van der Waals surface area contributed by atoms with Crippen molar-refractivity contribution in [2.24, 2.45) is 0 Å². The number of nitrogens with zero attached hydrogens (tertiary/aromatic N) is 5. The first kappa shape index (κ1) is 19.2. The largest absolute Gasteiger partial charge is 0.379 e. The molecule has 5 rings (SSSR count). The number of carbonyl (C=O) groups is 1. The van der Waals surface area contributed by atoms with Crippen LogP contribution in [-0.2, 0) is 28.9 Å². The van der Waals surface area contributed by atoms with E-state index in [9.17, 15) is 4.79 Å². The second kappa shape index (κ2) is 7.81. The highest BCUT2D eigenvalue weighted by Gasteiger charge is 2.35. The maximum absolute atomic E-state index is 12.9. The molecular formula is C21H29N5O2S. The van der Waals surface area contributed by atoms with E-state index in [-0.39, 0.29) is 11.9 Å². The number of rotatable bonds is 4. The first-order chi connectivity index (χ1) is 14.1. The van der Waals surface area contributed by atoms with Crippen molar-refractivity contribution in [2.45, 2.75) is 44.7 Å². The highest BCUT2D eigenvalue weighted by Crippen LogP contribution is 2.42. The Kier molecular flexibility index (Phi) is 5.17. The molecule has 2 saturated heterocycles. The van der Waals surface area contributed by atoms with Crippen molar-refractivity contribution in [3.63, 3.8) is 0 Å². The summed E-state index contributed by atoms with van der Waals surface area (Å²) in [5.41, 5.74) is 1.43. The van der Waals surface area contributed by atoms with Gasteiger partial charge in [0.2, 0.25) is 5.91 Å². The van der Waals surface area contributed by atoms with Crippen LogP contribution in [0, 0.1) is 0 Å². The molecule has 8 heteroatoms. The van der Waals surface area contributed by atoms with Crippen molar-refractivity contribution in [1.29, 1.82) is 0 Å². The molecule has 3 aliphatic rings. The number of anilines is 1. The summed E-state index contributed by atoms with van der Waals surface area (Å²) < 4.78 is 5.49. The normalized spacial score (nSPS) is 22.4. The van der Waals surface area contributed by atoms with E-state index in [1.54, 1.807) is 4.90 Å². The maximum atomic E-state index is 12.9. The van der Waals surface area contributed by atoms with Crippen LogP contribution in [0.5, 0.6) is 0 Å². The van der Waals surface area contributed by atoms with Crippen LogP contribution < -0.4 is 4.90 Å². The summed E-state index contributed by atoms with van der Waals surface area (Å²) in [5.74, 6) is 2.04. The van der Waals surface area contributed by atoms with Gasteiger partial charge in [-0.1, -0.05) is 0 Å². The minimum absolute atomic E-state index is 0.115. The first-order valence-corrected chi connectivity index (χ1v) is 11.5. The Bertz CT molecular complexity index is 921.